The average Bonchev–Trinajstić information content (AvgIpc) is 2.76. The molecule has 19 heavy (non-hydrogen) atoms. The van der Waals surface area contributed by atoms with Gasteiger partial charge in [0, 0.05) is 11.0 Å². The summed E-state index contributed by atoms with van der Waals surface area (Å²) in [6, 6.07) is 10.1. The molecule has 0 fully saturated rings. The molecule has 0 amide bonds. The van der Waals surface area contributed by atoms with Gasteiger partial charge >= 0.3 is 5.97 Å². The van der Waals surface area contributed by atoms with E-state index in [4.69, 9.17) is 4.74 Å². The number of rotatable bonds is 7. The highest BCUT2D eigenvalue weighted by Crippen LogP contribution is 2.34. The second kappa shape index (κ2) is 7.39. The highest BCUT2D eigenvalue weighted by molar-refractivity contribution is 8.00. The fourth-order valence-electron chi connectivity index (χ4n) is 2.10. The third-order valence-corrected chi connectivity index (χ3v) is 4.29. The molecule has 2 rings (SSSR count). The summed E-state index contributed by atoms with van der Waals surface area (Å²) in [6.07, 6.45) is 7.50. The van der Waals surface area contributed by atoms with Gasteiger partial charge in [-0.3, -0.25) is 0 Å². The summed E-state index contributed by atoms with van der Waals surface area (Å²) in [6.45, 7) is 2.20. The van der Waals surface area contributed by atoms with Crippen LogP contribution in [0.15, 0.2) is 46.9 Å². The fraction of sp³-hybridized carbons (Fsp3) is 0.438. The summed E-state index contributed by atoms with van der Waals surface area (Å²) in [5, 5.41) is 0. The molecule has 0 spiro atoms. The topological polar surface area (TPSA) is 26.3 Å². The maximum atomic E-state index is 11.4. The third-order valence-electron chi connectivity index (χ3n) is 3.13. The molecule has 1 aromatic rings. The third kappa shape index (κ3) is 4.43. The Morgan fingerprint density at radius 1 is 1.16 bits per heavy atom. The van der Waals surface area contributed by atoms with Gasteiger partial charge in [-0.1, -0.05) is 56.1 Å². The molecule has 1 aliphatic rings. The van der Waals surface area contributed by atoms with Crippen LogP contribution in [0.25, 0.3) is 0 Å². The lowest BCUT2D eigenvalue weighted by atomic mass is 10.1. The molecule has 0 aliphatic carbocycles. The quantitative estimate of drug-likeness (QED) is 0.539. The second-order valence-corrected chi connectivity index (χ2v) is 5.86. The Hall–Kier alpha value is -1.22. The predicted octanol–water partition coefficient (Wildman–Crippen LogP) is 4.56. The van der Waals surface area contributed by atoms with E-state index in [2.05, 4.69) is 6.92 Å². The van der Waals surface area contributed by atoms with E-state index in [1.807, 2.05) is 30.3 Å². The average molecular weight is 276 g/mol. The van der Waals surface area contributed by atoms with Crippen LogP contribution in [0.2, 0.25) is 0 Å². The summed E-state index contributed by atoms with van der Waals surface area (Å²) < 4.78 is 5.37. The van der Waals surface area contributed by atoms with Crippen molar-refractivity contribution >= 4 is 17.7 Å². The Morgan fingerprint density at radius 3 is 2.68 bits per heavy atom. The van der Waals surface area contributed by atoms with Crippen molar-refractivity contribution in [2.75, 3.05) is 0 Å². The van der Waals surface area contributed by atoms with Gasteiger partial charge in [-0.25, -0.2) is 4.79 Å². The van der Waals surface area contributed by atoms with E-state index in [0.717, 1.165) is 23.3 Å². The van der Waals surface area contributed by atoms with E-state index in [0.29, 0.717) is 0 Å². The summed E-state index contributed by atoms with van der Waals surface area (Å²) in [4.78, 5) is 12.6. The Kier molecular flexibility index (Phi) is 5.52. The van der Waals surface area contributed by atoms with Crippen LogP contribution in [-0.4, -0.2) is 11.4 Å². The first-order valence-electron chi connectivity index (χ1n) is 6.92. The molecular weight excluding hydrogens is 256 g/mol. The number of carbonyl (C=O) groups excluding carboxylic acids is 1. The van der Waals surface area contributed by atoms with Gasteiger partial charge < -0.3 is 4.74 Å². The van der Waals surface area contributed by atoms with Gasteiger partial charge in [0.05, 0.1) is 0 Å². The molecule has 1 atom stereocenters. The van der Waals surface area contributed by atoms with E-state index < -0.39 is 0 Å². The molecule has 0 saturated carbocycles. The second-order valence-electron chi connectivity index (χ2n) is 4.73. The Balaban J connectivity index is 1.89. The zero-order chi connectivity index (χ0) is 13.5. The Bertz CT molecular complexity index is 439. The van der Waals surface area contributed by atoms with Crippen LogP contribution in [-0.2, 0) is 9.53 Å². The molecule has 1 unspecified atom stereocenters. The van der Waals surface area contributed by atoms with E-state index in [9.17, 15) is 4.79 Å². The van der Waals surface area contributed by atoms with Gasteiger partial charge in [-0.05, 0) is 30.5 Å². The molecule has 0 aromatic heterocycles. The Labute approximate surface area is 119 Å². The van der Waals surface area contributed by atoms with Gasteiger partial charge in [0.25, 0.3) is 0 Å². The van der Waals surface area contributed by atoms with E-state index >= 15 is 0 Å². The lowest BCUT2D eigenvalue weighted by Crippen LogP contribution is -2.07. The molecule has 0 bridgehead atoms. The highest BCUT2D eigenvalue weighted by atomic mass is 32.2. The number of hydrogen-bond acceptors (Lipinski definition) is 3. The first-order chi connectivity index (χ1) is 9.29. The SMILES string of the molecule is CCCCCCC1=CC(=O)OC1Sc1ccccc1. The number of carbonyl (C=O) groups is 1. The molecule has 2 nitrogen and oxygen atoms in total. The van der Waals surface area contributed by atoms with E-state index in [1.54, 1.807) is 17.8 Å². The van der Waals surface area contributed by atoms with Crippen molar-refractivity contribution in [3.05, 3.63) is 42.0 Å². The zero-order valence-electron chi connectivity index (χ0n) is 11.3. The largest absolute Gasteiger partial charge is 0.443 e. The lowest BCUT2D eigenvalue weighted by molar-refractivity contribution is -0.136. The highest BCUT2D eigenvalue weighted by Gasteiger charge is 2.26. The van der Waals surface area contributed by atoms with Crippen molar-refractivity contribution < 1.29 is 9.53 Å². The number of cyclic esters (lactones) is 1. The Morgan fingerprint density at radius 2 is 1.95 bits per heavy atom. The molecule has 0 N–H and O–H groups in total. The minimum Gasteiger partial charge on any atom is -0.443 e. The van der Waals surface area contributed by atoms with E-state index in [-0.39, 0.29) is 11.4 Å². The molecule has 0 saturated heterocycles. The van der Waals surface area contributed by atoms with Gasteiger partial charge in [0.2, 0.25) is 0 Å². The number of benzene rings is 1. The summed E-state index contributed by atoms with van der Waals surface area (Å²) in [7, 11) is 0. The molecule has 3 heteroatoms. The molecule has 1 heterocycles. The minimum atomic E-state index is -0.195. The van der Waals surface area contributed by atoms with Crippen molar-refractivity contribution in [1.82, 2.24) is 0 Å². The number of esters is 1. The maximum Gasteiger partial charge on any atom is 0.332 e. The molecule has 102 valence electrons. The van der Waals surface area contributed by atoms with Crippen molar-refractivity contribution in [3.63, 3.8) is 0 Å². The van der Waals surface area contributed by atoms with Crippen molar-refractivity contribution in [1.29, 1.82) is 0 Å². The first kappa shape index (κ1) is 14.2. The van der Waals surface area contributed by atoms with Gasteiger partial charge in [-0.2, -0.15) is 0 Å². The van der Waals surface area contributed by atoms with Gasteiger partial charge in [0.1, 0.15) is 0 Å². The molecular formula is C16H20O2S. The van der Waals surface area contributed by atoms with Crippen molar-refractivity contribution in [3.8, 4) is 0 Å². The van der Waals surface area contributed by atoms with Crippen LogP contribution in [0.3, 0.4) is 0 Å². The van der Waals surface area contributed by atoms with Gasteiger partial charge in [0.15, 0.2) is 5.44 Å². The monoisotopic (exact) mass is 276 g/mol. The summed E-state index contributed by atoms with van der Waals surface area (Å²) in [5.74, 6) is -0.195. The van der Waals surface area contributed by atoms with Crippen LogP contribution in [0, 0.1) is 0 Å². The number of unbranched alkanes of at least 4 members (excludes halogenated alkanes) is 3. The molecule has 0 radical (unpaired) electrons. The standard InChI is InChI=1S/C16H20O2S/c1-2-3-4-6-9-13-12-15(17)18-16(13)19-14-10-7-5-8-11-14/h5,7-8,10-12,16H,2-4,6,9H2,1H3. The normalized spacial score (nSPS) is 18.3. The van der Waals surface area contributed by atoms with Crippen LogP contribution in [0.1, 0.15) is 39.0 Å². The van der Waals surface area contributed by atoms with Crippen LogP contribution < -0.4 is 0 Å². The first-order valence-corrected chi connectivity index (χ1v) is 7.80. The molecule has 1 aromatic carbocycles. The van der Waals surface area contributed by atoms with Crippen LogP contribution in [0.5, 0.6) is 0 Å². The van der Waals surface area contributed by atoms with Crippen molar-refractivity contribution in [2.24, 2.45) is 0 Å². The summed E-state index contributed by atoms with van der Waals surface area (Å²) >= 11 is 1.62. The van der Waals surface area contributed by atoms with Gasteiger partial charge in [-0.15, -0.1) is 0 Å². The van der Waals surface area contributed by atoms with Crippen LogP contribution >= 0.6 is 11.8 Å². The molecule has 1 aliphatic heterocycles. The number of ether oxygens (including phenoxy) is 1. The fourth-order valence-corrected chi connectivity index (χ4v) is 3.14. The number of thioether (sulfide) groups is 1. The van der Waals surface area contributed by atoms with E-state index in [1.165, 1.54) is 19.3 Å². The maximum absolute atomic E-state index is 11.4. The smallest absolute Gasteiger partial charge is 0.332 e. The number of hydrogen-bond donors (Lipinski definition) is 0. The lowest BCUT2D eigenvalue weighted by Gasteiger charge is -2.13. The van der Waals surface area contributed by atoms with Crippen molar-refractivity contribution in [2.45, 2.75) is 49.4 Å². The van der Waals surface area contributed by atoms with Crippen LogP contribution in [0.4, 0.5) is 0 Å². The minimum absolute atomic E-state index is 0.128. The predicted molar refractivity (Wildman–Crippen MR) is 79.0 cm³/mol. The zero-order valence-corrected chi connectivity index (χ0v) is 12.1. The summed E-state index contributed by atoms with van der Waals surface area (Å²) in [5.41, 5.74) is 1.01.